The van der Waals surface area contributed by atoms with Gasteiger partial charge in [0.2, 0.25) is 0 Å². The van der Waals surface area contributed by atoms with Crippen LogP contribution in [-0.2, 0) is 11.3 Å². The molecule has 2 rings (SSSR count). The molecule has 22 heavy (non-hydrogen) atoms. The zero-order chi connectivity index (χ0) is 16.2. The molecule has 3 atom stereocenters. The van der Waals surface area contributed by atoms with Gasteiger partial charge in [0, 0.05) is 11.5 Å². The van der Waals surface area contributed by atoms with Crippen molar-refractivity contribution < 1.29 is 10.1 Å². The molecule has 1 aliphatic carbocycles. The highest BCUT2D eigenvalue weighted by Gasteiger charge is 2.39. The van der Waals surface area contributed by atoms with Gasteiger partial charge >= 0.3 is 0 Å². The minimum absolute atomic E-state index is 0.0877. The Morgan fingerprint density at radius 3 is 2.64 bits per heavy atom. The molecule has 0 amide bonds. The summed E-state index contributed by atoms with van der Waals surface area (Å²) in [4.78, 5) is 12.8. The van der Waals surface area contributed by atoms with Crippen LogP contribution >= 0.6 is 0 Å². The molecule has 2 N–H and O–H groups in total. The van der Waals surface area contributed by atoms with Crippen LogP contribution in [0.15, 0.2) is 42.5 Å². The minimum Gasteiger partial charge on any atom is -0.340 e. The largest absolute Gasteiger partial charge is 0.340 e. The molecule has 0 saturated heterocycles. The Morgan fingerprint density at radius 1 is 1.32 bits per heavy atom. The van der Waals surface area contributed by atoms with Gasteiger partial charge in [-0.2, -0.15) is 0 Å². The molecule has 0 heterocycles. The first-order valence-electron chi connectivity index (χ1n) is 8.47. The Hall–Kier alpha value is -1.41. The van der Waals surface area contributed by atoms with E-state index in [1.807, 2.05) is 6.07 Å². The SMILES string of the molecule is C[C@H](CC(=O)[C@@H]1[C@H](C)C=CCC1(C)C)[NH2+]Cc1ccccc1. The van der Waals surface area contributed by atoms with Crippen molar-refractivity contribution in [2.24, 2.45) is 17.3 Å². The molecule has 2 heteroatoms. The van der Waals surface area contributed by atoms with Gasteiger partial charge in [0.25, 0.3) is 0 Å². The summed E-state index contributed by atoms with van der Waals surface area (Å²) in [6, 6.07) is 10.8. The second-order valence-corrected chi connectivity index (χ2v) is 7.53. The van der Waals surface area contributed by atoms with Crippen LogP contribution in [0.4, 0.5) is 0 Å². The molecule has 0 fully saturated rings. The number of nitrogens with two attached hydrogens (primary N) is 1. The summed E-state index contributed by atoms with van der Waals surface area (Å²) in [5.41, 5.74) is 1.40. The van der Waals surface area contributed by atoms with Crippen molar-refractivity contribution in [2.45, 2.75) is 53.1 Å². The molecule has 1 aliphatic rings. The highest BCUT2D eigenvalue weighted by Crippen LogP contribution is 2.41. The van der Waals surface area contributed by atoms with Crippen LogP contribution < -0.4 is 5.32 Å². The Balaban J connectivity index is 1.89. The molecule has 0 saturated carbocycles. The van der Waals surface area contributed by atoms with Gasteiger partial charge in [0.15, 0.2) is 0 Å². The monoisotopic (exact) mass is 300 g/mol. The zero-order valence-electron chi connectivity index (χ0n) is 14.4. The number of Topliss-reactive ketones (excluding diaryl/α,β-unsaturated/α-hetero) is 1. The Kier molecular flexibility index (Phi) is 5.57. The lowest BCUT2D eigenvalue weighted by Crippen LogP contribution is -2.88. The molecule has 0 bridgehead atoms. The first-order valence-corrected chi connectivity index (χ1v) is 8.47. The van der Waals surface area contributed by atoms with Crippen molar-refractivity contribution in [3.63, 3.8) is 0 Å². The van der Waals surface area contributed by atoms with Crippen LogP contribution in [0.1, 0.15) is 46.1 Å². The van der Waals surface area contributed by atoms with E-state index in [0.717, 1.165) is 13.0 Å². The number of allylic oxidation sites excluding steroid dienone is 2. The van der Waals surface area contributed by atoms with Gasteiger partial charge < -0.3 is 5.32 Å². The fraction of sp³-hybridized carbons (Fsp3) is 0.550. The minimum atomic E-state index is 0.0877. The van der Waals surface area contributed by atoms with Crippen LogP contribution in [-0.4, -0.2) is 11.8 Å². The Bertz CT molecular complexity index is 518. The second kappa shape index (κ2) is 7.23. The van der Waals surface area contributed by atoms with Gasteiger partial charge in [-0.15, -0.1) is 0 Å². The summed E-state index contributed by atoms with van der Waals surface area (Å²) in [6.45, 7) is 9.75. The third-order valence-corrected chi connectivity index (χ3v) is 4.92. The van der Waals surface area contributed by atoms with E-state index in [4.69, 9.17) is 0 Å². The third kappa shape index (κ3) is 4.30. The summed E-state index contributed by atoms with van der Waals surface area (Å²) in [7, 11) is 0. The maximum atomic E-state index is 12.8. The number of ketones is 1. The summed E-state index contributed by atoms with van der Waals surface area (Å²) in [5.74, 6) is 0.946. The first kappa shape index (κ1) is 17.0. The summed E-state index contributed by atoms with van der Waals surface area (Å²) < 4.78 is 0. The van der Waals surface area contributed by atoms with Gasteiger partial charge in [-0.25, -0.2) is 0 Å². The van der Waals surface area contributed by atoms with Gasteiger partial charge in [-0.3, -0.25) is 4.79 Å². The normalized spacial score (nSPS) is 24.9. The molecule has 0 aromatic heterocycles. The highest BCUT2D eigenvalue weighted by molar-refractivity contribution is 5.82. The number of carbonyl (C=O) groups is 1. The summed E-state index contributed by atoms with van der Waals surface area (Å²) >= 11 is 0. The van der Waals surface area contributed by atoms with Crippen molar-refractivity contribution >= 4 is 5.78 Å². The van der Waals surface area contributed by atoms with E-state index in [-0.39, 0.29) is 11.3 Å². The van der Waals surface area contributed by atoms with E-state index in [2.05, 4.69) is 69.4 Å². The average molecular weight is 300 g/mol. The van der Waals surface area contributed by atoms with Crippen molar-refractivity contribution in [1.29, 1.82) is 0 Å². The fourth-order valence-corrected chi connectivity index (χ4v) is 3.74. The number of benzene rings is 1. The number of rotatable bonds is 6. The van der Waals surface area contributed by atoms with Crippen LogP contribution in [0.3, 0.4) is 0 Å². The van der Waals surface area contributed by atoms with E-state index < -0.39 is 0 Å². The lowest BCUT2D eigenvalue weighted by Gasteiger charge is -2.39. The van der Waals surface area contributed by atoms with Crippen molar-refractivity contribution in [2.75, 3.05) is 0 Å². The molecule has 120 valence electrons. The zero-order valence-corrected chi connectivity index (χ0v) is 14.4. The molecule has 0 spiro atoms. The Labute approximate surface area is 135 Å². The summed E-state index contributed by atoms with van der Waals surface area (Å²) in [5, 5.41) is 2.28. The second-order valence-electron chi connectivity index (χ2n) is 7.53. The topological polar surface area (TPSA) is 33.7 Å². The molecule has 2 nitrogen and oxygen atoms in total. The molecule has 0 aliphatic heterocycles. The Morgan fingerprint density at radius 2 is 2.00 bits per heavy atom. The maximum Gasteiger partial charge on any atom is 0.142 e. The molecule has 0 radical (unpaired) electrons. The van der Waals surface area contributed by atoms with Gasteiger partial charge in [-0.05, 0) is 24.7 Å². The predicted molar refractivity (Wildman–Crippen MR) is 91.3 cm³/mol. The van der Waals surface area contributed by atoms with Crippen LogP contribution in [0.5, 0.6) is 0 Å². The molecular weight excluding hydrogens is 270 g/mol. The lowest BCUT2D eigenvalue weighted by molar-refractivity contribution is -0.700. The first-order chi connectivity index (χ1) is 10.4. The number of carbonyl (C=O) groups excluding carboxylic acids is 1. The highest BCUT2D eigenvalue weighted by atomic mass is 16.1. The quantitative estimate of drug-likeness (QED) is 0.803. The van der Waals surface area contributed by atoms with Gasteiger partial charge in [0.1, 0.15) is 12.3 Å². The number of quaternary nitrogens is 1. The van der Waals surface area contributed by atoms with Crippen molar-refractivity contribution in [3.05, 3.63) is 48.0 Å². The third-order valence-electron chi connectivity index (χ3n) is 4.92. The van der Waals surface area contributed by atoms with E-state index in [1.54, 1.807) is 0 Å². The number of hydrogen-bond donors (Lipinski definition) is 1. The van der Waals surface area contributed by atoms with Gasteiger partial charge in [-0.1, -0.05) is 63.3 Å². The van der Waals surface area contributed by atoms with Gasteiger partial charge in [0.05, 0.1) is 12.5 Å². The predicted octanol–water partition coefficient (Wildman–Crippen LogP) is 3.34. The van der Waals surface area contributed by atoms with Crippen LogP contribution in [0.25, 0.3) is 0 Å². The van der Waals surface area contributed by atoms with E-state index in [0.29, 0.717) is 24.2 Å². The number of hydrogen-bond acceptors (Lipinski definition) is 1. The molecular formula is C20H30NO+. The smallest absolute Gasteiger partial charge is 0.142 e. The summed E-state index contributed by atoms with van der Waals surface area (Å²) in [6.07, 6.45) is 6.13. The fourth-order valence-electron chi connectivity index (χ4n) is 3.74. The molecule has 0 unspecified atom stereocenters. The van der Waals surface area contributed by atoms with E-state index in [1.165, 1.54) is 5.56 Å². The van der Waals surface area contributed by atoms with Crippen molar-refractivity contribution in [3.8, 4) is 0 Å². The van der Waals surface area contributed by atoms with E-state index in [9.17, 15) is 4.79 Å². The van der Waals surface area contributed by atoms with E-state index >= 15 is 0 Å². The van der Waals surface area contributed by atoms with Crippen LogP contribution in [0, 0.1) is 17.3 Å². The standard InChI is InChI=1S/C20H29NO/c1-15-9-8-12-20(3,4)19(15)18(22)13-16(2)21-14-17-10-6-5-7-11-17/h5-11,15-16,19,21H,12-14H2,1-4H3/p+1/t15-,16-,19+/m1/s1. The lowest BCUT2D eigenvalue weighted by atomic mass is 9.65. The molecule has 1 aromatic carbocycles. The average Bonchev–Trinajstić information content (AvgIpc) is 2.45. The molecule has 1 aromatic rings. The van der Waals surface area contributed by atoms with Crippen molar-refractivity contribution in [1.82, 2.24) is 0 Å². The van der Waals surface area contributed by atoms with Crippen LogP contribution in [0.2, 0.25) is 0 Å². The maximum absolute atomic E-state index is 12.8.